The van der Waals surface area contributed by atoms with Crippen LogP contribution in [0.3, 0.4) is 0 Å². The molecule has 0 aliphatic carbocycles. The van der Waals surface area contributed by atoms with Crippen LogP contribution in [-0.4, -0.2) is 47.4 Å². The summed E-state index contributed by atoms with van der Waals surface area (Å²) in [6, 6.07) is 2.39. The van der Waals surface area contributed by atoms with Crippen molar-refractivity contribution in [2.45, 2.75) is 46.1 Å². The van der Waals surface area contributed by atoms with Crippen LogP contribution >= 0.6 is 0 Å². The van der Waals surface area contributed by atoms with Crippen LogP contribution in [0.2, 0.25) is 0 Å². The highest BCUT2D eigenvalue weighted by atomic mass is 16.7. The monoisotopic (exact) mass is 403 g/mol. The summed E-state index contributed by atoms with van der Waals surface area (Å²) < 4.78 is 10.5. The number of fused-ring (bicyclic) bond motifs is 1. The minimum Gasteiger partial charge on any atom is -0.454 e. The molecule has 0 aromatic heterocycles. The number of imide groups is 1. The highest BCUT2D eigenvalue weighted by Crippen LogP contribution is 2.37. The van der Waals surface area contributed by atoms with Gasteiger partial charge >= 0.3 is 6.03 Å². The van der Waals surface area contributed by atoms with Gasteiger partial charge in [0.1, 0.15) is 12.1 Å². The fraction of sp³-hybridized carbons (Fsp3) is 0.500. The van der Waals surface area contributed by atoms with E-state index in [1.807, 2.05) is 13.8 Å². The van der Waals surface area contributed by atoms with E-state index >= 15 is 0 Å². The van der Waals surface area contributed by atoms with Crippen LogP contribution in [0, 0.1) is 5.92 Å². The first-order chi connectivity index (χ1) is 13.6. The fourth-order valence-electron chi connectivity index (χ4n) is 3.31. The zero-order chi connectivity index (χ0) is 21.3. The number of urea groups is 1. The van der Waals surface area contributed by atoms with E-state index in [9.17, 15) is 19.2 Å². The molecule has 0 saturated carbocycles. The molecule has 0 spiro atoms. The number of hydrogen-bond acceptors (Lipinski definition) is 6. The van der Waals surface area contributed by atoms with Crippen molar-refractivity contribution in [2.75, 3.05) is 18.7 Å². The van der Waals surface area contributed by atoms with Crippen LogP contribution in [0.15, 0.2) is 12.1 Å². The maximum atomic E-state index is 12.7. The number of hydrogen-bond donors (Lipinski definition) is 2. The number of anilines is 1. The third-order valence-corrected chi connectivity index (χ3v) is 5.03. The van der Waals surface area contributed by atoms with Crippen molar-refractivity contribution in [1.82, 2.24) is 10.2 Å². The van der Waals surface area contributed by atoms with Crippen LogP contribution in [0.25, 0.3) is 0 Å². The second-order valence-electron chi connectivity index (χ2n) is 7.94. The number of ether oxygens (including phenoxy) is 2. The van der Waals surface area contributed by atoms with Gasteiger partial charge in [-0.2, -0.15) is 0 Å². The van der Waals surface area contributed by atoms with Crippen molar-refractivity contribution in [1.29, 1.82) is 0 Å². The highest BCUT2D eigenvalue weighted by Gasteiger charge is 2.47. The lowest BCUT2D eigenvalue weighted by Crippen LogP contribution is -2.44. The zero-order valence-corrected chi connectivity index (χ0v) is 17.0. The Morgan fingerprint density at radius 2 is 1.90 bits per heavy atom. The van der Waals surface area contributed by atoms with Crippen LogP contribution in [-0.2, 0) is 9.59 Å². The molecule has 0 radical (unpaired) electrons. The fourth-order valence-corrected chi connectivity index (χ4v) is 3.31. The van der Waals surface area contributed by atoms with E-state index in [-0.39, 0.29) is 23.8 Å². The van der Waals surface area contributed by atoms with Gasteiger partial charge in [0.25, 0.3) is 5.91 Å². The molecule has 2 N–H and O–H groups in total. The van der Waals surface area contributed by atoms with Crippen molar-refractivity contribution in [2.24, 2.45) is 5.92 Å². The molecule has 29 heavy (non-hydrogen) atoms. The Morgan fingerprint density at radius 1 is 1.24 bits per heavy atom. The summed E-state index contributed by atoms with van der Waals surface area (Å²) in [5.74, 6) is -0.0942. The normalized spacial score (nSPS) is 20.2. The Labute approximate surface area is 168 Å². The van der Waals surface area contributed by atoms with Crippen molar-refractivity contribution in [3.05, 3.63) is 17.7 Å². The largest absolute Gasteiger partial charge is 0.454 e. The van der Waals surface area contributed by atoms with Gasteiger partial charge in [0, 0.05) is 11.6 Å². The second-order valence-corrected chi connectivity index (χ2v) is 7.94. The molecule has 2 heterocycles. The van der Waals surface area contributed by atoms with Crippen LogP contribution < -0.4 is 20.1 Å². The maximum Gasteiger partial charge on any atom is 0.325 e. The second kappa shape index (κ2) is 7.73. The summed E-state index contributed by atoms with van der Waals surface area (Å²) in [5.41, 5.74) is -0.534. The van der Waals surface area contributed by atoms with Crippen LogP contribution in [0.1, 0.15) is 50.9 Å². The topological polar surface area (TPSA) is 114 Å². The summed E-state index contributed by atoms with van der Waals surface area (Å²) in [6.07, 6.45) is 1.26. The number of Topliss-reactive ketones (excluding diaryl/α,β-unsaturated/α-hetero) is 1. The molecule has 3 rings (SSSR count). The number of carbonyl (C=O) groups excluding carboxylic acids is 4. The maximum absolute atomic E-state index is 12.7. The van der Waals surface area contributed by atoms with E-state index in [0.29, 0.717) is 23.8 Å². The molecule has 1 aromatic carbocycles. The van der Waals surface area contributed by atoms with Gasteiger partial charge in [0.05, 0.1) is 5.69 Å². The van der Waals surface area contributed by atoms with Gasteiger partial charge in [0.15, 0.2) is 17.3 Å². The summed E-state index contributed by atoms with van der Waals surface area (Å²) >= 11 is 0. The van der Waals surface area contributed by atoms with Gasteiger partial charge in [-0.05, 0) is 38.7 Å². The molecule has 156 valence electrons. The van der Waals surface area contributed by atoms with E-state index in [1.165, 1.54) is 19.1 Å². The molecule has 0 unspecified atom stereocenters. The Balaban J connectivity index is 1.72. The van der Waals surface area contributed by atoms with Gasteiger partial charge in [-0.1, -0.05) is 13.8 Å². The lowest BCUT2D eigenvalue weighted by Gasteiger charge is -2.22. The van der Waals surface area contributed by atoms with Gasteiger partial charge in [0.2, 0.25) is 12.7 Å². The lowest BCUT2D eigenvalue weighted by molar-refractivity contribution is -0.133. The van der Waals surface area contributed by atoms with E-state index in [1.54, 1.807) is 6.92 Å². The SMILES string of the molecule is CC(=O)c1cc2c(cc1NC(=O)CN1C(=O)N[C@](C)(CCC(C)C)C1=O)OCO2. The first-order valence-electron chi connectivity index (χ1n) is 9.49. The number of rotatable bonds is 7. The third kappa shape index (κ3) is 4.18. The number of ketones is 1. The van der Waals surface area contributed by atoms with Gasteiger partial charge in [-0.15, -0.1) is 0 Å². The molecule has 2 aliphatic heterocycles. The third-order valence-electron chi connectivity index (χ3n) is 5.03. The summed E-state index contributed by atoms with van der Waals surface area (Å²) in [5, 5.41) is 5.28. The molecular weight excluding hydrogens is 378 g/mol. The molecule has 0 bridgehead atoms. The van der Waals surface area contributed by atoms with Crippen molar-refractivity contribution < 1.29 is 28.7 Å². The first-order valence-corrected chi connectivity index (χ1v) is 9.49. The Morgan fingerprint density at radius 3 is 2.52 bits per heavy atom. The van der Waals surface area contributed by atoms with E-state index in [2.05, 4.69) is 10.6 Å². The summed E-state index contributed by atoms with van der Waals surface area (Å²) in [7, 11) is 0. The number of nitrogens with zero attached hydrogens (tertiary/aromatic N) is 1. The molecule has 1 saturated heterocycles. The van der Waals surface area contributed by atoms with E-state index < -0.39 is 29.9 Å². The average Bonchev–Trinajstić information content (AvgIpc) is 3.17. The molecule has 4 amide bonds. The number of amides is 4. The number of carbonyl (C=O) groups is 4. The molecule has 9 heteroatoms. The van der Waals surface area contributed by atoms with E-state index in [0.717, 1.165) is 11.3 Å². The standard InChI is InChI=1S/C20H25N3O6/c1-11(2)5-6-20(4)18(26)23(19(27)22-20)9-17(25)21-14-8-16-15(28-10-29-16)7-13(14)12(3)24/h7-8,11H,5-6,9-10H2,1-4H3,(H,21,25)(H,22,27)/t20-/m1/s1. The number of benzene rings is 1. The summed E-state index contributed by atoms with van der Waals surface area (Å²) in [4.78, 5) is 50.4. The minimum atomic E-state index is -1.02. The van der Waals surface area contributed by atoms with Gasteiger partial charge in [-0.3, -0.25) is 19.3 Å². The predicted molar refractivity (Wildman–Crippen MR) is 104 cm³/mol. The Hall–Kier alpha value is -3.10. The summed E-state index contributed by atoms with van der Waals surface area (Å²) in [6.45, 7) is 6.68. The molecule has 1 aromatic rings. The van der Waals surface area contributed by atoms with Crippen LogP contribution in [0.4, 0.5) is 10.5 Å². The number of nitrogens with one attached hydrogen (secondary N) is 2. The minimum absolute atomic E-state index is 0.0293. The van der Waals surface area contributed by atoms with Crippen molar-refractivity contribution >= 4 is 29.3 Å². The molecule has 2 aliphatic rings. The van der Waals surface area contributed by atoms with Crippen LogP contribution in [0.5, 0.6) is 11.5 Å². The van der Waals surface area contributed by atoms with Gasteiger partial charge in [-0.25, -0.2) is 4.79 Å². The molecule has 1 atom stereocenters. The average molecular weight is 403 g/mol. The highest BCUT2D eigenvalue weighted by molar-refractivity contribution is 6.11. The van der Waals surface area contributed by atoms with Crippen molar-refractivity contribution in [3.63, 3.8) is 0 Å². The van der Waals surface area contributed by atoms with Crippen molar-refractivity contribution in [3.8, 4) is 11.5 Å². The Bertz CT molecular complexity index is 881. The zero-order valence-electron chi connectivity index (χ0n) is 17.0. The Kier molecular flexibility index (Phi) is 5.50. The first kappa shape index (κ1) is 20.6. The predicted octanol–water partition coefficient (Wildman–Crippen LogP) is 2.30. The smallest absolute Gasteiger partial charge is 0.325 e. The molecule has 9 nitrogen and oxygen atoms in total. The lowest BCUT2D eigenvalue weighted by atomic mass is 9.92. The quantitative estimate of drug-likeness (QED) is 0.533. The molecule has 1 fully saturated rings. The van der Waals surface area contributed by atoms with Gasteiger partial charge < -0.3 is 20.1 Å². The van der Waals surface area contributed by atoms with E-state index in [4.69, 9.17) is 9.47 Å². The molecular formula is C20H25N3O6.